The molecule has 2 nitrogen and oxygen atoms in total. The molecule has 0 aliphatic rings. The van der Waals surface area contributed by atoms with Crippen LogP contribution in [0.25, 0.3) is 0 Å². The number of nitrogens with two attached hydrogens (primary N) is 1. The van der Waals surface area contributed by atoms with E-state index >= 15 is 0 Å². The summed E-state index contributed by atoms with van der Waals surface area (Å²) in [6.45, 7) is 6.40. The lowest BCUT2D eigenvalue weighted by Gasteiger charge is -2.23. The first-order valence-corrected chi connectivity index (χ1v) is 7.90. The van der Waals surface area contributed by atoms with Gasteiger partial charge in [-0.2, -0.15) is 0 Å². The SMILES string of the molecule is CCC(N)C(Sc1ccc(C)cc1C)c1ccccn1. The summed E-state index contributed by atoms with van der Waals surface area (Å²) in [5.74, 6) is 0. The minimum Gasteiger partial charge on any atom is -0.326 e. The van der Waals surface area contributed by atoms with E-state index in [0.29, 0.717) is 0 Å². The van der Waals surface area contributed by atoms with Gasteiger partial charge in [-0.3, -0.25) is 4.98 Å². The van der Waals surface area contributed by atoms with Crippen molar-refractivity contribution in [2.75, 3.05) is 0 Å². The molecule has 2 N–H and O–H groups in total. The van der Waals surface area contributed by atoms with Crippen molar-refractivity contribution in [1.82, 2.24) is 4.98 Å². The lowest BCUT2D eigenvalue weighted by molar-refractivity contribution is 0.624. The zero-order valence-electron chi connectivity index (χ0n) is 12.3. The molecule has 0 aliphatic carbocycles. The molecule has 2 rings (SSSR count). The molecule has 0 bridgehead atoms. The van der Waals surface area contributed by atoms with E-state index in [4.69, 9.17) is 5.73 Å². The van der Waals surface area contributed by atoms with Crippen LogP contribution in [0.3, 0.4) is 0 Å². The third kappa shape index (κ3) is 3.62. The van der Waals surface area contributed by atoms with Gasteiger partial charge in [0.2, 0.25) is 0 Å². The quantitative estimate of drug-likeness (QED) is 0.834. The van der Waals surface area contributed by atoms with E-state index in [-0.39, 0.29) is 11.3 Å². The van der Waals surface area contributed by atoms with Crippen LogP contribution in [0.1, 0.15) is 35.4 Å². The lowest BCUT2D eigenvalue weighted by atomic mass is 10.1. The fraction of sp³-hybridized carbons (Fsp3) is 0.353. The number of rotatable bonds is 5. The Bertz CT molecular complexity index is 554. The van der Waals surface area contributed by atoms with Crippen molar-refractivity contribution < 1.29 is 0 Å². The zero-order chi connectivity index (χ0) is 14.5. The van der Waals surface area contributed by atoms with Crippen molar-refractivity contribution >= 4 is 11.8 Å². The van der Waals surface area contributed by atoms with Crippen molar-refractivity contribution in [1.29, 1.82) is 0 Å². The third-order valence-electron chi connectivity index (χ3n) is 3.42. The van der Waals surface area contributed by atoms with Crippen LogP contribution in [0.2, 0.25) is 0 Å². The molecule has 2 aromatic rings. The summed E-state index contributed by atoms with van der Waals surface area (Å²) in [7, 11) is 0. The Morgan fingerprint density at radius 1 is 1.20 bits per heavy atom. The molecule has 20 heavy (non-hydrogen) atoms. The Hall–Kier alpha value is -1.32. The summed E-state index contributed by atoms with van der Waals surface area (Å²) in [5, 5.41) is 0.197. The highest BCUT2D eigenvalue weighted by atomic mass is 32.2. The fourth-order valence-electron chi connectivity index (χ4n) is 2.19. The maximum atomic E-state index is 6.32. The average Bonchev–Trinajstić information content (AvgIpc) is 2.46. The van der Waals surface area contributed by atoms with E-state index in [1.165, 1.54) is 16.0 Å². The van der Waals surface area contributed by atoms with Gasteiger partial charge in [-0.1, -0.05) is 30.7 Å². The molecule has 0 spiro atoms. The second-order valence-electron chi connectivity index (χ2n) is 5.13. The largest absolute Gasteiger partial charge is 0.326 e. The number of thioether (sulfide) groups is 1. The molecule has 0 saturated carbocycles. The summed E-state index contributed by atoms with van der Waals surface area (Å²) in [5.41, 5.74) is 9.98. The van der Waals surface area contributed by atoms with Crippen LogP contribution in [0.4, 0.5) is 0 Å². The molecule has 1 heterocycles. The standard InChI is InChI=1S/C17H22N2S/c1-4-14(18)17(15-7-5-6-10-19-15)20-16-9-8-12(2)11-13(16)3/h5-11,14,17H,4,18H2,1-3H3. The molecular weight excluding hydrogens is 264 g/mol. The Morgan fingerprint density at radius 2 is 2.00 bits per heavy atom. The maximum absolute atomic E-state index is 6.32. The Kier molecular flexibility index (Phi) is 5.21. The molecule has 0 amide bonds. The van der Waals surface area contributed by atoms with Gasteiger partial charge < -0.3 is 5.73 Å². The summed E-state index contributed by atoms with van der Waals surface area (Å²) in [6.07, 6.45) is 2.78. The van der Waals surface area contributed by atoms with E-state index in [1.807, 2.05) is 30.1 Å². The molecule has 1 aromatic heterocycles. The summed E-state index contributed by atoms with van der Waals surface area (Å²) in [6, 6.07) is 12.7. The van der Waals surface area contributed by atoms with Crippen LogP contribution in [0.5, 0.6) is 0 Å². The number of aryl methyl sites for hydroxylation is 2. The summed E-state index contributed by atoms with van der Waals surface area (Å²) < 4.78 is 0. The molecule has 2 unspecified atom stereocenters. The Balaban J connectivity index is 2.29. The first-order chi connectivity index (χ1) is 9.61. The van der Waals surface area contributed by atoms with E-state index in [2.05, 4.69) is 50.0 Å². The maximum Gasteiger partial charge on any atom is 0.0668 e. The molecule has 0 fully saturated rings. The minimum atomic E-state index is 0.107. The molecular formula is C17H22N2S. The van der Waals surface area contributed by atoms with Gasteiger partial charge in [-0.15, -0.1) is 11.8 Å². The van der Waals surface area contributed by atoms with Crippen molar-refractivity contribution in [2.24, 2.45) is 5.73 Å². The van der Waals surface area contributed by atoms with E-state index in [1.54, 1.807) is 0 Å². The minimum absolute atomic E-state index is 0.107. The van der Waals surface area contributed by atoms with Gasteiger partial charge in [0, 0.05) is 17.1 Å². The average molecular weight is 286 g/mol. The monoisotopic (exact) mass is 286 g/mol. The number of nitrogens with zero attached hydrogens (tertiary/aromatic N) is 1. The molecule has 0 radical (unpaired) electrons. The number of hydrogen-bond donors (Lipinski definition) is 1. The smallest absolute Gasteiger partial charge is 0.0668 e. The summed E-state index contributed by atoms with van der Waals surface area (Å²) >= 11 is 1.82. The third-order valence-corrected chi connectivity index (χ3v) is 4.98. The van der Waals surface area contributed by atoms with Gasteiger partial charge in [0.05, 0.1) is 10.9 Å². The number of aromatic nitrogens is 1. The van der Waals surface area contributed by atoms with Crippen LogP contribution in [-0.4, -0.2) is 11.0 Å². The van der Waals surface area contributed by atoms with Gasteiger partial charge in [-0.25, -0.2) is 0 Å². The second kappa shape index (κ2) is 6.91. The Labute approximate surface area is 125 Å². The zero-order valence-corrected chi connectivity index (χ0v) is 13.2. The predicted octanol–water partition coefficient (Wildman–Crippen LogP) is 4.27. The van der Waals surface area contributed by atoms with Gasteiger partial charge in [0.15, 0.2) is 0 Å². The first-order valence-electron chi connectivity index (χ1n) is 7.02. The topological polar surface area (TPSA) is 38.9 Å². The molecule has 0 aliphatic heterocycles. The van der Waals surface area contributed by atoms with Gasteiger partial charge in [-0.05, 0) is 44.0 Å². The molecule has 1 aromatic carbocycles. The van der Waals surface area contributed by atoms with Gasteiger partial charge >= 0.3 is 0 Å². The highest BCUT2D eigenvalue weighted by molar-refractivity contribution is 7.99. The van der Waals surface area contributed by atoms with Gasteiger partial charge in [0.1, 0.15) is 0 Å². The van der Waals surface area contributed by atoms with E-state index in [9.17, 15) is 0 Å². The summed E-state index contributed by atoms with van der Waals surface area (Å²) in [4.78, 5) is 5.78. The second-order valence-corrected chi connectivity index (χ2v) is 6.32. The fourth-order valence-corrected chi connectivity index (χ4v) is 3.49. The van der Waals surface area contributed by atoms with Crippen LogP contribution in [0.15, 0.2) is 47.5 Å². The normalized spacial score (nSPS) is 14.0. The molecule has 0 saturated heterocycles. The number of hydrogen-bond acceptors (Lipinski definition) is 3. The van der Waals surface area contributed by atoms with Crippen molar-refractivity contribution in [2.45, 2.75) is 43.4 Å². The number of pyridine rings is 1. The highest BCUT2D eigenvalue weighted by Gasteiger charge is 2.21. The first kappa shape index (κ1) is 15.1. The molecule has 3 heteroatoms. The van der Waals surface area contributed by atoms with Crippen molar-refractivity contribution in [3.8, 4) is 0 Å². The lowest BCUT2D eigenvalue weighted by Crippen LogP contribution is -2.26. The molecule has 2 atom stereocenters. The van der Waals surface area contributed by atoms with Crippen LogP contribution in [0, 0.1) is 13.8 Å². The predicted molar refractivity (Wildman–Crippen MR) is 87.0 cm³/mol. The highest BCUT2D eigenvalue weighted by Crippen LogP contribution is 2.38. The Morgan fingerprint density at radius 3 is 2.60 bits per heavy atom. The van der Waals surface area contributed by atoms with E-state index < -0.39 is 0 Å². The van der Waals surface area contributed by atoms with Crippen molar-refractivity contribution in [3.05, 3.63) is 59.4 Å². The van der Waals surface area contributed by atoms with E-state index in [0.717, 1.165) is 12.1 Å². The van der Waals surface area contributed by atoms with Crippen molar-refractivity contribution in [3.63, 3.8) is 0 Å². The van der Waals surface area contributed by atoms with Gasteiger partial charge in [0.25, 0.3) is 0 Å². The molecule has 106 valence electrons. The van der Waals surface area contributed by atoms with Crippen LogP contribution in [-0.2, 0) is 0 Å². The number of benzene rings is 1. The van der Waals surface area contributed by atoms with Crippen LogP contribution < -0.4 is 5.73 Å². The van der Waals surface area contributed by atoms with Crippen LogP contribution >= 0.6 is 11.8 Å².